The Morgan fingerprint density at radius 1 is 1.19 bits per heavy atom. The largest absolute Gasteiger partial charge is 0.314 e. The number of hydrogen-bond donors (Lipinski definition) is 2. The van der Waals surface area contributed by atoms with Crippen LogP contribution in [0.4, 0.5) is 0 Å². The van der Waals surface area contributed by atoms with Crippen LogP contribution in [0.25, 0.3) is 0 Å². The minimum Gasteiger partial charge on any atom is -0.314 e. The van der Waals surface area contributed by atoms with Crippen molar-refractivity contribution in [1.29, 1.82) is 0 Å². The SMILES string of the molecule is CC1(CNS(=O)(=O)c2ccc(CCNC3CC3)cc2)CC1. The van der Waals surface area contributed by atoms with Gasteiger partial charge in [0.1, 0.15) is 0 Å². The molecule has 21 heavy (non-hydrogen) atoms. The minimum absolute atomic E-state index is 0.182. The van der Waals surface area contributed by atoms with E-state index in [-0.39, 0.29) is 5.41 Å². The van der Waals surface area contributed by atoms with Gasteiger partial charge in [0.25, 0.3) is 0 Å². The molecule has 0 saturated heterocycles. The topological polar surface area (TPSA) is 58.2 Å². The van der Waals surface area contributed by atoms with Crippen molar-refractivity contribution < 1.29 is 8.42 Å². The highest BCUT2D eigenvalue weighted by Gasteiger charge is 2.38. The standard InChI is InChI=1S/C16H24N2O2S/c1-16(9-10-16)12-18-21(19,20)15-6-2-13(3-7-15)8-11-17-14-4-5-14/h2-3,6-7,14,17-18H,4-5,8-12H2,1H3. The monoisotopic (exact) mass is 308 g/mol. The summed E-state index contributed by atoms with van der Waals surface area (Å²) in [5.74, 6) is 0. The fraction of sp³-hybridized carbons (Fsp3) is 0.625. The molecule has 0 heterocycles. The van der Waals surface area contributed by atoms with Gasteiger partial charge < -0.3 is 5.32 Å². The second-order valence-corrected chi connectivity index (χ2v) is 8.52. The average Bonchev–Trinajstić information content (AvgIpc) is 3.37. The zero-order chi connectivity index (χ0) is 14.9. The van der Waals surface area contributed by atoms with Crippen LogP contribution in [0.2, 0.25) is 0 Å². The summed E-state index contributed by atoms with van der Waals surface area (Å²) < 4.78 is 27.1. The van der Waals surface area contributed by atoms with Crippen molar-refractivity contribution in [2.75, 3.05) is 13.1 Å². The molecule has 2 aliphatic rings. The molecule has 3 rings (SSSR count). The quantitative estimate of drug-likeness (QED) is 0.773. The van der Waals surface area contributed by atoms with Crippen molar-refractivity contribution >= 4 is 10.0 Å². The lowest BCUT2D eigenvalue weighted by atomic mass is 10.1. The van der Waals surface area contributed by atoms with Crippen LogP contribution in [0, 0.1) is 5.41 Å². The van der Waals surface area contributed by atoms with E-state index in [9.17, 15) is 8.42 Å². The van der Waals surface area contributed by atoms with Crippen LogP contribution in [-0.4, -0.2) is 27.5 Å². The number of nitrogens with one attached hydrogen (secondary N) is 2. The maximum absolute atomic E-state index is 12.2. The lowest BCUT2D eigenvalue weighted by molar-refractivity contribution is 0.530. The molecule has 0 bridgehead atoms. The lowest BCUT2D eigenvalue weighted by Gasteiger charge is -2.11. The molecule has 2 saturated carbocycles. The Morgan fingerprint density at radius 3 is 2.43 bits per heavy atom. The van der Waals surface area contributed by atoms with Crippen LogP contribution in [0.1, 0.15) is 38.2 Å². The Labute approximate surface area is 127 Å². The summed E-state index contributed by atoms with van der Waals surface area (Å²) in [6.45, 7) is 3.63. The van der Waals surface area contributed by atoms with Crippen LogP contribution in [0.5, 0.6) is 0 Å². The number of sulfonamides is 1. The first-order valence-corrected chi connectivity index (χ1v) is 9.27. The smallest absolute Gasteiger partial charge is 0.240 e. The average molecular weight is 308 g/mol. The predicted octanol–water partition coefficient (Wildman–Crippen LogP) is 2.06. The number of hydrogen-bond acceptors (Lipinski definition) is 3. The summed E-state index contributed by atoms with van der Waals surface area (Å²) >= 11 is 0. The molecule has 0 radical (unpaired) electrons. The van der Waals surface area contributed by atoms with E-state index in [1.165, 1.54) is 18.4 Å². The van der Waals surface area contributed by atoms with Gasteiger partial charge in [-0.3, -0.25) is 0 Å². The van der Waals surface area contributed by atoms with E-state index in [2.05, 4.69) is 17.0 Å². The Balaban J connectivity index is 1.54. The molecule has 0 spiro atoms. The van der Waals surface area contributed by atoms with E-state index in [1.54, 1.807) is 12.1 Å². The van der Waals surface area contributed by atoms with E-state index in [0.717, 1.165) is 31.8 Å². The van der Waals surface area contributed by atoms with Gasteiger partial charge in [0.05, 0.1) is 4.90 Å². The highest BCUT2D eigenvalue weighted by atomic mass is 32.2. The van der Waals surface area contributed by atoms with Crippen molar-refractivity contribution in [2.24, 2.45) is 5.41 Å². The molecular weight excluding hydrogens is 284 g/mol. The van der Waals surface area contributed by atoms with Gasteiger partial charge in [0.15, 0.2) is 0 Å². The molecule has 5 heteroatoms. The third-order valence-corrected chi connectivity index (χ3v) is 5.87. The van der Waals surface area contributed by atoms with E-state index in [1.807, 2.05) is 12.1 Å². The fourth-order valence-corrected chi connectivity index (χ4v) is 3.49. The van der Waals surface area contributed by atoms with Gasteiger partial charge >= 0.3 is 0 Å². The fourth-order valence-electron chi connectivity index (χ4n) is 2.29. The van der Waals surface area contributed by atoms with Crippen molar-refractivity contribution in [1.82, 2.24) is 10.0 Å². The predicted molar refractivity (Wildman–Crippen MR) is 83.7 cm³/mol. The molecule has 1 aromatic carbocycles. The molecule has 116 valence electrons. The summed E-state index contributed by atoms with van der Waals surface area (Å²) in [7, 11) is -3.36. The van der Waals surface area contributed by atoms with Gasteiger partial charge in [-0.1, -0.05) is 19.1 Å². The highest BCUT2D eigenvalue weighted by molar-refractivity contribution is 7.89. The van der Waals surface area contributed by atoms with Crippen LogP contribution in [-0.2, 0) is 16.4 Å². The summed E-state index contributed by atoms with van der Waals surface area (Å²) in [4.78, 5) is 0.366. The van der Waals surface area contributed by atoms with Crippen molar-refractivity contribution in [3.8, 4) is 0 Å². The van der Waals surface area contributed by atoms with Gasteiger partial charge in [0.2, 0.25) is 10.0 Å². The summed E-state index contributed by atoms with van der Waals surface area (Å²) in [5.41, 5.74) is 1.36. The molecule has 0 atom stereocenters. The number of rotatable bonds is 8. The number of benzene rings is 1. The first-order valence-electron chi connectivity index (χ1n) is 7.79. The normalized spacial score (nSPS) is 20.4. The molecule has 0 unspecified atom stereocenters. The van der Waals surface area contributed by atoms with Crippen LogP contribution >= 0.6 is 0 Å². The van der Waals surface area contributed by atoms with E-state index in [0.29, 0.717) is 11.4 Å². The Morgan fingerprint density at radius 2 is 1.86 bits per heavy atom. The first-order chi connectivity index (χ1) is 9.97. The van der Waals surface area contributed by atoms with Gasteiger partial charge in [-0.15, -0.1) is 0 Å². The Hall–Kier alpha value is -0.910. The van der Waals surface area contributed by atoms with Gasteiger partial charge in [-0.2, -0.15) is 0 Å². The first kappa shape index (κ1) is 15.0. The van der Waals surface area contributed by atoms with Crippen LogP contribution in [0.3, 0.4) is 0 Å². The van der Waals surface area contributed by atoms with E-state index >= 15 is 0 Å². The zero-order valence-electron chi connectivity index (χ0n) is 12.6. The molecule has 1 aromatic rings. The lowest BCUT2D eigenvalue weighted by Crippen LogP contribution is -2.29. The van der Waals surface area contributed by atoms with Crippen molar-refractivity contribution in [2.45, 2.75) is 50.0 Å². The second kappa shape index (κ2) is 5.71. The third kappa shape index (κ3) is 4.28. The molecule has 2 fully saturated rings. The molecule has 0 aromatic heterocycles. The van der Waals surface area contributed by atoms with Gasteiger partial charge in [-0.05, 0) is 61.8 Å². The maximum Gasteiger partial charge on any atom is 0.240 e. The maximum atomic E-state index is 12.2. The zero-order valence-corrected chi connectivity index (χ0v) is 13.4. The van der Waals surface area contributed by atoms with Crippen LogP contribution < -0.4 is 10.0 Å². The molecule has 4 nitrogen and oxygen atoms in total. The molecular formula is C16H24N2O2S. The molecule has 0 aliphatic heterocycles. The van der Waals surface area contributed by atoms with Crippen LogP contribution in [0.15, 0.2) is 29.2 Å². The molecule has 2 N–H and O–H groups in total. The van der Waals surface area contributed by atoms with E-state index in [4.69, 9.17) is 0 Å². The minimum atomic E-state index is -3.36. The van der Waals surface area contributed by atoms with Crippen molar-refractivity contribution in [3.63, 3.8) is 0 Å². The molecule has 0 amide bonds. The summed E-state index contributed by atoms with van der Waals surface area (Å²) in [5, 5.41) is 3.46. The highest BCUT2D eigenvalue weighted by Crippen LogP contribution is 2.44. The van der Waals surface area contributed by atoms with Gasteiger partial charge in [0, 0.05) is 12.6 Å². The molecule has 2 aliphatic carbocycles. The van der Waals surface area contributed by atoms with E-state index < -0.39 is 10.0 Å². The third-order valence-electron chi connectivity index (χ3n) is 4.45. The van der Waals surface area contributed by atoms with Gasteiger partial charge in [-0.25, -0.2) is 13.1 Å². The summed E-state index contributed by atoms with van der Waals surface area (Å²) in [6, 6.07) is 7.98. The van der Waals surface area contributed by atoms with Crippen molar-refractivity contribution in [3.05, 3.63) is 29.8 Å². The second-order valence-electron chi connectivity index (χ2n) is 6.76. The Bertz CT molecular complexity index is 587. The Kier molecular flexibility index (Phi) is 4.08. The summed E-state index contributed by atoms with van der Waals surface area (Å²) in [6.07, 6.45) is 5.76.